The van der Waals surface area contributed by atoms with E-state index in [9.17, 15) is 9.59 Å². The summed E-state index contributed by atoms with van der Waals surface area (Å²) in [5, 5.41) is 11.1. The van der Waals surface area contributed by atoms with Gasteiger partial charge in [0.1, 0.15) is 0 Å². The molecule has 0 unspecified atom stereocenters. The summed E-state index contributed by atoms with van der Waals surface area (Å²) in [5.74, 6) is -1.01. The molecule has 0 aromatic heterocycles. The minimum atomic E-state index is -0.879. The largest absolute Gasteiger partial charge is 0.480 e. The number of aliphatic carboxylic acids is 1. The van der Waals surface area contributed by atoms with Gasteiger partial charge in [0.2, 0.25) is 5.91 Å². The molecule has 0 spiro atoms. The number of nitrogens with one attached hydrogen (secondary N) is 1. The molecule has 0 saturated heterocycles. The van der Waals surface area contributed by atoms with E-state index < -0.39 is 5.97 Å². The van der Waals surface area contributed by atoms with Gasteiger partial charge in [0.05, 0.1) is 13.1 Å². The Hall–Kier alpha value is -1.10. The van der Waals surface area contributed by atoms with Crippen molar-refractivity contribution >= 4 is 11.9 Å². The van der Waals surface area contributed by atoms with Gasteiger partial charge < -0.3 is 10.4 Å². The van der Waals surface area contributed by atoms with Crippen LogP contribution in [0.15, 0.2) is 0 Å². The Kier molecular flexibility index (Phi) is 3.25. The van der Waals surface area contributed by atoms with Gasteiger partial charge in [-0.3, -0.25) is 14.5 Å². The van der Waals surface area contributed by atoms with Crippen molar-refractivity contribution in [2.45, 2.75) is 18.9 Å². The summed E-state index contributed by atoms with van der Waals surface area (Å²) in [4.78, 5) is 23.1. The van der Waals surface area contributed by atoms with Gasteiger partial charge >= 0.3 is 5.97 Å². The number of rotatable bonds is 5. The van der Waals surface area contributed by atoms with Crippen molar-refractivity contribution in [2.24, 2.45) is 0 Å². The second-order valence-corrected chi connectivity index (χ2v) is 3.20. The molecule has 1 amide bonds. The molecular formula is C8H14N2O3. The van der Waals surface area contributed by atoms with Crippen LogP contribution in [0.4, 0.5) is 0 Å². The van der Waals surface area contributed by atoms with Crippen LogP contribution in [-0.2, 0) is 9.59 Å². The molecule has 0 heterocycles. The van der Waals surface area contributed by atoms with Crippen molar-refractivity contribution in [1.82, 2.24) is 10.2 Å². The quantitative estimate of drug-likeness (QED) is 0.594. The van der Waals surface area contributed by atoms with Crippen LogP contribution < -0.4 is 5.32 Å². The highest BCUT2D eigenvalue weighted by Crippen LogP contribution is 2.25. The van der Waals surface area contributed by atoms with Crippen molar-refractivity contribution < 1.29 is 14.7 Å². The van der Waals surface area contributed by atoms with Crippen LogP contribution in [0.2, 0.25) is 0 Å². The number of carboxylic acid groups (broad SMARTS) is 1. The van der Waals surface area contributed by atoms with E-state index in [1.54, 1.807) is 11.9 Å². The molecule has 0 bridgehead atoms. The zero-order chi connectivity index (χ0) is 9.84. The SMILES string of the molecule is CNC(=O)CN(CC(=O)O)C1CC1. The van der Waals surface area contributed by atoms with Crippen LogP contribution in [0.5, 0.6) is 0 Å². The first-order valence-electron chi connectivity index (χ1n) is 4.30. The molecule has 2 N–H and O–H groups in total. The molecule has 0 radical (unpaired) electrons. The van der Waals surface area contributed by atoms with Crippen LogP contribution in [0.1, 0.15) is 12.8 Å². The molecule has 0 aromatic carbocycles. The monoisotopic (exact) mass is 186 g/mol. The fraction of sp³-hybridized carbons (Fsp3) is 0.750. The van der Waals surface area contributed by atoms with E-state index in [1.165, 1.54) is 0 Å². The van der Waals surface area contributed by atoms with Crippen molar-refractivity contribution in [2.75, 3.05) is 20.1 Å². The van der Waals surface area contributed by atoms with E-state index in [0.29, 0.717) is 6.04 Å². The Labute approximate surface area is 76.7 Å². The number of carbonyl (C=O) groups is 2. The predicted molar refractivity (Wildman–Crippen MR) is 46.3 cm³/mol. The van der Waals surface area contributed by atoms with Gasteiger partial charge in [-0.25, -0.2) is 0 Å². The number of amides is 1. The van der Waals surface area contributed by atoms with E-state index in [0.717, 1.165) is 12.8 Å². The maximum atomic E-state index is 11.0. The Morgan fingerprint density at radius 1 is 1.46 bits per heavy atom. The predicted octanol–water partition coefficient (Wildman–Crippen LogP) is -0.719. The minimum absolute atomic E-state index is 0.0436. The number of nitrogens with zero attached hydrogens (tertiary/aromatic N) is 1. The van der Waals surface area contributed by atoms with Crippen LogP contribution >= 0.6 is 0 Å². The highest BCUT2D eigenvalue weighted by atomic mass is 16.4. The molecule has 13 heavy (non-hydrogen) atoms. The average Bonchev–Trinajstić information content (AvgIpc) is 2.84. The molecule has 1 aliphatic carbocycles. The van der Waals surface area contributed by atoms with Gasteiger partial charge in [0, 0.05) is 13.1 Å². The van der Waals surface area contributed by atoms with Gasteiger partial charge in [0.25, 0.3) is 0 Å². The lowest BCUT2D eigenvalue weighted by molar-refractivity contribution is -0.138. The van der Waals surface area contributed by atoms with Crippen molar-refractivity contribution in [3.05, 3.63) is 0 Å². The molecule has 5 heteroatoms. The van der Waals surface area contributed by atoms with Crippen LogP contribution in [0.3, 0.4) is 0 Å². The lowest BCUT2D eigenvalue weighted by Crippen LogP contribution is -2.39. The molecule has 1 rings (SSSR count). The molecule has 0 aliphatic heterocycles. The fourth-order valence-corrected chi connectivity index (χ4v) is 1.19. The molecular weight excluding hydrogens is 172 g/mol. The maximum absolute atomic E-state index is 11.0. The number of carbonyl (C=O) groups excluding carboxylic acids is 1. The highest BCUT2D eigenvalue weighted by molar-refractivity contribution is 5.78. The molecule has 74 valence electrons. The first-order chi connectivity index (χ1) is 6.13. The number of likely N-dealkylation sites (N-methyl/N-ethyl adjacent to an activating group) is 1. The minimum Gasteiger partial charge on any atom is -0.480 e. The average molecular weight is 186 g/mol. The molecule has 5 nitrogen and oxygen atoms in total. The molecule has 1 aliphatic rings. The fourth-order valence-electron chi connectivity index (χ4n) is 1.19. The maximum Gasteiger partial charge on any atom is 0.317 e. The number of carboxylic acids is 1. The van der Waals surface area contributed by atoms with Crippen molar-refractivity contribution in [3.63, 3.8) is 0 Å². The number of hydrogen-bond acceptors (Lipinski definition) is 3. The first kappa shape index (κ1) is 9.98. The second kappa shape index (κ2) is 4.23. The van der Waals surface area contributed by atoms with E-state index in [2.05, 4.69) is 5.32 Å². The summed E-state index contributed by atoms with van der Waals surface area (Å²) in [5.41, 5.74) is 0. The Balaban J connectivity index is 2.37. The summed E-state index contributed by atoms with van der Waals surface area (Å²) < 4.78 is 0. The third-order valence-electron chi connectivity index (χ3n) is 2.03. The van der Waals surface area contributed by atoms with Gasteiger partial charge in [-0.2, -0.15) is 0 Å². The van der Waals surface area contributed by atoms with Crippen LogP contribution in [0.25, 0.3) is 0 Å². The summed E-state index contributed by atoms with van der Waals surface area (Å²) in [6.07, 6.45) is 2.01. The Morgan fingerprint density at radius 3 is 2.46 bits per heavy atom. The van der Waals surface area contributed by atoms with Gasteiger partial charge in [-0.15, -0.1) is 0 Å². The van der Waals surface area contributed by atoms with Gasteiger partial charge in [0.15, 0.2) is 0 Å². The zero-order valence-electron chi connectivity index (χ0n) is 7.62. The summed E-state index contributed by atoms with van der Waals surface area (Å²) in [6, 6.07) is 0.299. The summed E-state index contributed by atoms with van der Waals surface area (Å²) in [7, 11) is 1.55. The lowest BCUT2D eigenvalue weighted by atomic mass is 10.4. The molecule has 1 saturated carbocycles. The Bertz CT molecular complexity index is 213. The third kappa shape index (κ3) is 3.42. The van der Waals surface area contributed by atoms with Crippen LogP contribution in [-0.4, -0.2) is 48.1 Å². The van der Waals surface area contributed by atoms with Crippen molar-refractivity contribution in [1.29, 1.82) is 0 Å². The standard InChI is InChI=1S/C8H14N2O3/c1-9-7(11)4-10(5-8(12)13)6-2-3-6/h6H,2-5H2,1H3,(H,9,11)(H,12,13). The third-order valence-corrected chi connectivity index (χ3v) is 2.03. The zero-order valence-corrected chi connectivity index (χ0v) is 7.62. The van der Waals surface area contributed by atoms with E-state index >= 15 is 0 Å². The molecule has 1 fully saturated rings. The normalized spacial score (nSPS) is 15.8. The lowest BCUT2D eigenvalue weighted by Gasteiger charge is -2.17. The summed E-state index contributed by atoms with van der Waals surface area (Å²) in [6.45, 7) is 0.144. The van der Waals surface area contributed by atoms with E-state index in [1.807, 2.05) is 0 Å². The van der Waals surface area contributed by atoms with Crippen molar-refractivity contribution in [3.8, 4) is 0 Å². The summed E-state index contributed by atoms with van der Waals surface area (Å²) >= 11 is 0. The van der Waals surface area contributed by atoms with Gasteiger partial charge in [-0.05, 0) is 12.8 Å². The smallest absolute Gasteiger partial charge is 0.317 e. The first-order valence-corrected chi connectivity index (χ1v) is 4.30. The van der Waals surface area contributed by atoms with E-state index in [-0.39, 0.29) is 19.0 Å². The molecule has 0 aromatic rings. The molecule has 0 atom stereocenters. The van der Waals surface area contributed by atoms with Crippen LogP contribution in [0, 0.1) is 0 Å². The number of hydrogen-bond donors (Lipinski definition) is 2. The van der Waals surface area contributed by atoms with E-state index in [4.69, 9.17) is 5.11 Å². The highest BCUT2D eigenvalue weighted by Gasteiger charge is 2.31. The topological polar surface area (TPSA) is 69.6 Å². The second-order valence-electron chi connectivity index (χ2n) is 3.20. The van der Waals surface area contributed by atoms with Gasteiger partial charge in [-0.1, -0.05) is 0 Å². The Morgan fingerprint density at radius 2 is 2.08 bits per heavy atom.